The molecule has 4 N–H and O–H groups in total. The normalized spacial score (nSPS) is 16.7. The van der Waals surface area contributed by atoms with Crippen LogP contribution in [0, 0.1) is 5.41 Å². The van der Waals surface area contributed by atoms with Gasteiger partial charge in [0.1, 0.15) is 0 Å². The highest BCUT2D eigenvalue weighted by Gasteiger charge is 2.44. The van der Waals surface area contributed by atoms with E-state index in [-0.39, 0.29) is 12.6 Å². The van der Waals surface area contributed by atoms with Crippen LogP contribution in [0.25, 0.3) is 0 Å². The molecule has 2 amide bonds. The largest absolute Gasteiger partial charge is 0.481 e. The molecular formula is C11H16N4O3. The second-order valence-corrected chi connectivity index (χ2v) is 4.55. The molecule has 0 unspecified atom stereocenters. The minimum absolute atomic E-state index is 0.178. The summed E-state index contributed by atoms with van der Waals surface area (Å²) in [6.07, 6.45) is 5.31. The number of carboxylic acid groups (broad SMARTS) is 1. The molecule has 18 heavy (non-hydrogen) atoms. The Morgan fingerprint density at radius 3 is 2.72 bits per heavy atom. The Morgan fingerprint density at radius 1 is 1.44 bits per heavy atom. The van der Waals surface area contributed by atoms with Crippen molar-refractivity contribution in [1.29, 1.82) is 0 Å². The van der Waals surface area contributed by atoms with E-state index in [4.69, 9.17) is 5.11 Å². The number of carbonyl (C=O) groups is 2. The summed E-state index contributed by atoms with van der Waals surface area (Å²) in [6.45, 7) is 0.517. The lowest BCUT2D eigenvalue weighted by molar-refractivity contribution is -0.153. The summed E-state index contributed by atoms with van der Waals surface area (Å²) in [5.41, 5.74) is 0.0347. The van der Waals surface area contributed by atoms with Crippen LogP contribution in [0.1, 0.15) is 25.0 Å². The molecule has 1 aromatic heterocycles. The molecular weight excluding hydrogens is 236 g/mol. The maximum atomic E-state index is 11.5. The van der Waals surface area contributed by atoms with Gasteiger partial charge in [0.25, 0.3) is 0 Å². The minimum Gasteiger partial charge on any atom is -0.481 e. The Balaban J connectivity index is 1.73. The molecule has 1 aliphatic rings. The van der Waals surface area contributed by atoms with E-state index in [9.17, 15) is 9.59 Å². The first kappa shape index (κ1) is 12.4. The number of rotatable bonds is 5. The summed E-state index contributed by atoms with van der Waals surface area (Å²) in [5, 5.41) is 14.3. The quantitative estimate of drug-likeness (QED) is 0.610. The third kappa shape index (κ3) is 2.61. The van der Waals surface area contributed by atoms with Crippen LogP contribution in [0.3, 0.4) is 0 Å². The van der Waals surface area contributed by atoms with Crippen LogP contribution in [0.5, 0.6) is 0 Å². The second-order valence-electron chi connectivity index (χ2n) is 4.55. The van der Waals surface area contributed by atoms with Crippen LogP contribution in [0.15, 0.2) is 12.5 Å². The highest BCUT2D eigenvalue weighted by Crippen LogP contribution is 2.40. The van der Waals surface area contributed by atoms with Gasteiger partial charge in [0.15, 0.2) is 0 Å². The van der Waals surface area contributed by atoms with E-state index in [2.05, 4.69) is 20.6 Å². The highest BCUT2D eigenvalue weighted by molar-refractivity contribution is 5.78. The zero-order valence-corrected chi connectivity index (χ0v) is 9.90. The van der Waals surface area contributed by atoms with E-state index in [1.807, 2.05) is 0 Å². The predicted molar refractivity (Wildman–Crippen MR) is 62.7 cm³/mol. The van der Waals surface area contributed by atoms with Crippen LogP contribution in [-0.4, -0.2) is 33.6 Å². The predicted octanol–water partition coefficient (Wildman–Crippen LogP) is 0.464. The van der Waals surface area contributed by atoms with Gasteiger partial charge in [-0.05, 0) is 12.8 Å². The number of nitrogens with zero attached hydrogens (tertiary/aromatic N) is 1. The van der Waals surface area contributed by atoms with Crippen molar-refractivity contribution < 1.29 is 14.7 Å². The van der Waals surface area contributed by atoms with Gasteiger partial charge in [-0.15, -0.1) is 0 Å². The Bertz CT molecular complexity index is 426. The molecule has 0 spiro atoms. The van der Waals surface area contributed by atoms with Crippen molar-refractivity contribution in [3.63, 3.8) is 0 Å². The number of urea groups is 1. The van der Waals surface area contributed by atoms with E-state index in [1.165, 1.54) is 6.33 Å². The lowest BCUT2D eigenvalue weighted by Crippen LogP contribution is -2.49. The summed E-state index contributed by atoms with van der Waals surface area (Å²) in [4.78, 5) is 29.3. The van der Waals surface area contributed by atoms with Gasteiger partial charge in [0.05, 0.1) is 24.0 Å². The number of H-pyrrole nitrogens is 1. The van der Waals surface area contributed by atoms with Gasteiger partial charge in [-0.2, -0.15) is 0 Å². The van der Waals surface area contributed by atoms with Crippen LogP contribution >= 0.6 is 0 Å². The lowest BCUT2D eigenvalue weighted by Gasteiger charge is -2.37. The third-order valence-electron chi connectivity index (χ3n) is 3.35. The zero-order chi connectivity index (χ0) is 13.0. The number of nitrogens with one attached hydrogen (secondary N) is 3. The monoisotopic (exact) mass is 252 g/mol. The summed E-state index contributed by atoms with van der Waals surface area (Å²) < 4.78 is 0. The fraction of sp³-hybridized carbons (Fsp3) is 0.545. The molecule has 1 aromatic rings. The molecule has 0 saturated heterocycles. The molecule has 0 bridgehead atoms. The van der Waals surface area contributed by atoms with E-state index in [1.54, 1.807) is 6.20 Å². The number of hydrogen-bond donors (Lipinski definition) is 4. The van der Waals surface area contributed by atoms with Gasteiger partial charge in [-0.3, -0.25) is 4.79 Å². The van der Waals surface area contributed by atoms with Gasteiger partial charge in [-0.25, -0.2) is 9.78 Å². The standard InChI is InChI=1S/C11H16N4O3/c16-9(17)11(2-1-3-11)6-14-10(18)13-5-8-4-12-7-15-8/h4,7H,1-3,5-6H2,(H,12,15)(H,16,17)(H2,13,14,18). The number of imidazole rings is 1. The number of carbonyl (C=O) groups excluding carboxylic acids is 1. The fourth-order valence-corrected chi connectivity index (χ4v) is 1.94. The summed E-state index contributed by atoms with van der Waals surface area (Å²) in [5.74, 6) is -0.831. The molecule has 1 heterocycles. The van der Waals surface area contributed by atoms with Crippen molar-refractivity contribution in [2.75, 3.05) is 6.54 Å². The van der Waals surface area contributed by atoms with Gasteiger partial charge >= 0.3 is 12.0 Å². The SMILES string of the molecule is O=C(NCc1cnc[nH]1)NCC1(C(=O)O)CCC1. The highest BCUT2D eigenvalue weighted by atomic mass is 16.4. The molecule has 0 aromatic carbocycles. The van der Waals surface area contributed by atoms with Crippen molar-refractivity contribution in [1.82, 2.24) is 20.6 Å². The first-order chi connectivity index (χ1) is 8.62. The molecule has 2 rings (SSSR count). The molecule has 0 atom stereocenters. The van der Waals surface area contributed by atoms with E-state index in [0.717, 1.165) is 12.1 Å². The molecule has 1 aliphatic carbocycles. The zero-order valence-electron chi connectivity index (χ0n) is 9.90. The lowest BCUT2D eigenvalue weighted by atomic mass is 9.69. The van der Waals surface area contributed by atoms with E-state index < -0.39 is 11.4 Å². The molecule has 0 radical (unpaired) electrons. The number of aromatic amines is 1. The molecule has 1 saturated carbocycles. The van der Waals surface area contributed by atoms with Crippen LogP contribution in [0.4, 0.5) is 4.79 Å². The number of hydrogen-bond acceptors (Lipinski definition) is 3. The maximum Gasteiger partial charge on any atom is 0.315 e. The maximum absolute atomic E-state index is 11.5. The van der Waals surface area contributed by atoms with Gasteiger partial charge in [-0.1, -0.05) is 6.42 Å². The number of amides is 2. The Kier molecular flexibility index (Phi) is 3.50. The van der Waals surface area contributed by atoms with E-state index >= 15 is 0 Å². The Labute approximate surface area is 104 Å². The number of aromatic nitrogens is 2. The summed E-state index contributed by atoms with van der Waals surface area (Å²) in [7, 11) is 0. The first-order valence-corrected chi connectivity index (χ1v) is 5.85. The van der Waals surface area contributed by atoms with Crippen molar-refractivity contribution >= 4 is 12.0 Å². The van der Waals surface area contributed by atoms with Gasteiger partial charge in [0.2, 0.25) is 0 Å². The van der Waals surface area contributed by atoms with Crippen molar-refractivity contribution in [3.05, 3.63) is 18.2 Å². The molecule has 1 fully saturated rings. The average molecular weight is 252 g/mol. The summed E-state index contributed by atoms with van der Waals surface area (Å²) >= 11 is 0. The van der Waals surface area contributed by atoms with Gasteiger partial charge < -0.3 is 20.7 Å². The fourth-order valence-electron chi connectivity index (χ4n) is 1.94. The molecule has 98 valence electrons. The van der Waals surface area contributed by atoms with Crippen molar-refractivity contribution in [2.45, 2.75) is 25.8 Å². The minimum atomic E-state index is -0.831. The first-order valence-electron chi connectivity index (χ1n) is 5.85. The smallest absolute Gasteiger partial charge is 0.315 e. The molecule has 0 aliphatic heterocycles. The Morgan fingerprint density at radius 2 is 2.22 bits per heavy atom. The van der Waals surface area contributed by atoms with Crippen molar-refractivity contribution in [2.24, 2.45) is 5.41 Å². The summed E-state index contributed by atoms with van der Waals surface area (Å²) in [6, 6.07) is -0.364. The number of carboxylic acids is 1. The van der Waals surface area contributed by atoms with Gasteiger partial charge in [0, 0.05) is 12.7 Å². The molecule has 7 heteroatoms. The van der Waals surface area contributed by atoms with E-state index in [0.29, 0.717) is 19.4 Å². The number of aliphatic carboxylic acids is 1. The van der Waals surface area contributed by atoms with Crippen molar-refractivity contribution in [3.8, 4) is 0 Å². The second kappa shape index (κ2) is 5.07. The molecule has 7 nitrogen and oxygen atoms in total. The Hall–Kier alpha value is -2.05. The topological polar surface area (TPSA) is 107 Å². The average Bonchev–Trinajstić information content (AvgIpc) is 2.77. The third-order valence-corrected chi connectivity index (χ3v) is 3.35. The van der Waals surface area contributed by atoms with Crippen LogP contribution in [0.2, 0.25) is 0 Å². The van der Waals surface area contributed by atoms with Crippen LogP contribution < -0.4 is 10.6 Å². The van der Waals surface area contributed by atoms with Crippen LogP contribution in [-0.2, 0) is 11.3 Å².